The van der Waals surface area contributed by atoms with Crippen LogP contribution in [0.15, 0.2) is 0 Å². The molecule has 0 unspecified atom stereocenters. The number of piperidine rings is 1. The molecule has 1 saturated heterocycles. The molecular weight excluding hydrogens is 102 g/mol. The minimum Gasteiger partial charge on any atom is -0.314 e. The normalized spacial score (nSPS) is 26.2. The summed E-state index contributed by atoms with van der Waals surface area (Å²) in [5.74, 6) is 0.818. The third-order valence-electron chi connectivity index (χ3n) is 1.76. The minimum atomic E-state index is 0.818. The maximum atomic E-state index is 8.86. The quantitative estimate of drug-likeness (QED) is 0.511. The molecule has 0 spiro atoms. The molecule has 2 nitrogen and oxygen atoms in total. The van der Waals surface area contributed by atoms with Crippen LogP contribution in [0.4, 0.5) is 0 Å². The van der Waals surface area contributed by atoms with Crippen molar-refractivity contribution in [2.75, 3.05) is 13.1 Å². The fourth-order valence-electron chi connectivity index (χ4n) is 0.995. The lowest BCUT2D eigenvalue weighted by molar-refractivity contribution is -0.110. The van der Waals surface area contributed by atoms with E-state index in [2.05, 4.69) is 6.92 Å². The first kappa shape index (κ1) is 6.05. The van der Waals surface area contributed by atoms with E-state index in [1.807, 2.05) is 0 Å². The van der Waals surface area contributed by atoms with Gasteiger partial charge >= 0.3 is 0 Å². The largest absolute Gasteiger partial charge is 0.314 e. The number of hydrogen-bond acceptors (Lipinski definition) is 2. The van der Waals surface area contributed by atoms with Gasteiger partial charge in [0.15, 0.2) is 0 Å². The molecule has 48 valence electrons. The van der Waals surface area contributed by atoms with E-state index in [1.165, 1.54) is 5.06 Å². The highest BCUT2D eigenvalue weighted by atomic mass is 16.5. The first-order valence-electron chi connectivity index (χ1n) is 3.23. The average Bonchev–Trinajstić information content (AvgIpc) is 1.77. The molecule has 0 aromatic carbocycles. The van der Waals surface area contributed by atoms with Crippen LogP contribution in [0.1, 0.15) is 19.8 Å². The first-order valence-corrected chi connectivity index (χ1v) is 3.23. The standard InChI is InChI=1S/C6H13NO/c1-6-2-4-7(8)5-3-6/h6,8H,2-5H2,1H3. The Morgan fingerprint density at radius 3 is 2.25 bits per heavy atom. The average molecular weight is 115 g/mol. The molecule has 1 N–H and O–H groups in total. The lowest BCUT2D eigenvalue weighted by Gasteiger charge is -2.24. The second kappa shape index (κ2) is 2.46. The van der Waals surface area contributed by atoms with Crippen LogP contribution in [0.5, 0.6) is 0 Å². The van der Waals surface area contributed by atoms with Gasteiger partial charge in [-0.3, -0.25) is 0 Å². The first-order chi connectivity index (χ1) is 3.79. The molecule has 1 fully saturated rings. The summed E-state index contributed by atoms with van der Waals surface area (Å²) in [4.78, 5) is 0. The van der Waals surface area contributed by atoms with E-state index in [9.17, 15) is 0 Å². The third kappa shape index (κ3) is 1.46. The number of rotatable bonds is 0. The molecule has 1 heterocycles. The number of hydroxylamine groups is 2. The third-order valence-corrected chi connectivity index (χ3v) is 1.76. The van der Waals surface area contributed by atoms with E-state index in [-0.39, 0.29) is 0 Å². The molecule has 1 rings (SSSR count). The van der Waals surface area contributed by atoms with E-state index in [0.717, 1.165) is 31.8 Å². The van der Waals surface area contributed by atoms with Crippen molar-refractivity contribution in [1.29, 1.82) is 0 Å². The summed E-state index contributed by atoms with van der Waals surface area (Å²) in [6.45, 7) is 3.95. The maximum Gasteiger partial charge on any atom is 0.0240 e. The second-order valence-corrected chi connectivity index (χ2v) is 2.64. The molecule has 0 radical (unpaired) electrons. The van der Waals surface area contributed by atoms with Gasteiger partial charge in [-0.25, -0.2) is 0 Å². The van der Waals surface area contributed by atoms with Gasteiger partial charge in [0.25, 0.3) is 0 Å². The SMILES string of the molecule is CC1CCN(O)CC1. The molecule has 2 heteroatoms. The Kier molecular flexibility index (Phi) is 1.86. The summed E-state index contributed by atoms with van der Waals surface area (Å²) >= 11 is 0. The number of hydrogen-bond donors (Lipinski definition) is 1. The van der Waals surface area contributed by atoms with Gasteiger partial charge in [-0.15, -0.1) is 0 Å². The summed E-state index contributed by atoms with van der Waals surface area (Å²) < 4.78 is 0. The van der Waals surface area contributed by atoms with Gasteiger partial charge in [0, 0.05) is 13.1 Å². The fourth-order valence-corrected chi connectivity index (χ4v) is 0.995. The highest BCUT2D eigenvalue weighted by molar-refractivity contribution is 4.62. The van der Waals surface area contributed by atoms with Gasteiger partial charge in [-0.1, -0.05) is 6.92 Å². The minimum absolute atomic E-state index is 0.818. The van der Waals surface area contributed by atoms with E-state index in [1.54, 1.807) is 0 Å². The van der Waals surface area contributed by atoms with E-state index < -0.39 is 0 Å². The Morgan fingerprint density at radius 1 is 1.38 bits per heavy atom. The molecule has 1 aliphatic rings. The van der Waals surface area contributed by atoms with Gasteiger partial charge in [0.2, 0.25) is 0 Å². The van der Waals surface area contributed by atoms with E-state index in [4.69, 9.17) is 5.21 Å². The summed E-state index contributed by atoms with van der Waals surface area (Å²) in [7, 11) is 0. The van der Waals surface area contributed by atoms with Crippen molar-refractivity contribution >= 4 is 0 Å². The Labute approximate surface area is 50.1 Å². The molecule has 0 amide bonds. The molecule has 1 aliphatic heterocycles. The summed E-state index contributed by atoms with van der Waals surface area (Å²) in [6.07, 6.45) is 2.30. The predicted molar refractivity (Wildman–Crippen MR) is 31.8 cm³/mol. The molecule has 0 atom stereocenters. The van der Waals surface area contributed by atoms with Gasteiger partial charge in [0.05, 0.1) is 0 Å². The zero-order valence-electron chi connectivity index (χ0n) is 5.30. The Bertz CT molecular complexity index is 56.9. The summed E-state index contributed by atoms with van der Waals surface area (Å²) in [5, 5.41) is 10.3. The van der Waals surface area contributed by atoms with Crippen LogP contribution in [-0.4, -0.2) is 23.4 Å². The van der Waals surface area contributed by atoms with Crippen molar-refractivity contribution in [2.45, 2.75) is 19.8 Å². The summed E-state index contributed by atoms with van der Waals surface area (Å²) in [6, 6.07) is 0. The molecule has 0 saturated carbocycles. The van der Waals surface area contributed by atoms with Gasteiger partial charge in [0.1, 0.15) is 0 Å². The van der Waals surface area contributed by atoms with Crippen molar-refractivity contribution < 1.29 is 5.21 Å². The van der Waals surface area contributed by atoms with E-state index in [0.29, 0.717) is 0 Å². The Hall–Kier alpha value is -0.0800. The van der Waals surface area contributed by atoms with Crippen LogP contribution in [0.3, 0.4) is 0 Å². The zero-order chi connectivity index (χ0) is 5.98. The second-order valence-electron chi connectivity index (χ2n) is 2.64. The topological polar surface area (TPSA) is 23.5 Å². The van der Waals surface area contributed by atoms with Crippen molar-refractivity contribution in [2.24, 2.45) is 5.92 Å². The van der Waals surface area contributed by atoms with Crippen LogP contribution < -0.4 is 0 Å². The maximum absolute atomic E-state index is 8.86. The lowest BCUT2D eigenvalue weighted by atomic mass is 10.0. The highest BCUT2D eigenvalue weighted by Gasteiger charge is 2.12. The molecule has 0 aromatic heterocycles. The molecular formula is C6H13NO. The monoisotopic (exact) mass is 115 g/mol. The Morgan fingerprint density at radius 2 is 1.88 bits per heavy atom. The smallest absolute Gasteiger partial charge is 0.0240 e. The van der Waals surface area contributed by atoms with Crippen LogP contribution >= 0.6 is 0 Å². The fraction of sp³-hybridized carbons (Fsp3) is 1.00. The Balaban J connectivity index is 2.19. The number of nitrogens with zero attached hydrogens (tertiary/aromatic N) is 1. The van der Waals surface area contributed by atoms with Crippen molar-refractivity contribution in [3.8, 4) is 0 Å². The molecule has 0 aliphatic carbocycles. The molecule has 8 heavy (non-hydrogen) atoms. The summed E-state index contributed by atoms with van der Waals surface area (Å²) in [5.41, 5.74) is 0. The van der Waals surface area contributed by atoms with Gasteiger partial charge < -0.3 is 5.21 Å². The van der Waals surface area contributed by atoms with E-state index >= 15 is 0 Å². The predicted octanol–water partition coefficient (Wildman–Crippen LogP) is 1.11. The van der Waals surface area contributed by atoms with Crippen LogP contribution in [0.2, 0.25) is 0 Å². The highest BCUT2D eigenvalue weighted by Crippen LogP contribution is 2.13. The molecule has 0 bridgehead atoms. The van der Waals surface area contributed by atoms with Crippen molar-refractivity contribution in [1.82, 2.24) is 5.06 Å². The van der Waals surface area contributed by atoms with Gasteiger partial charge in [-0.2, -0.15) is 5.06 Å². The zero-order valence-corrected chi connectivity index (χ0v) is 5.30. The van der Waals surface area contributed by atoms with Crippen molar-refractivity contribution in [3.63, 3.8) is 0 Å². The lowest BCUT2D eigenvalue weighted by Crippen LogP contribution is -2.29. The molecule has 0 aromatic rings. The van der Waals surface area contributed by atoms with Crippen molar-refractivity contribution in [3.05, 3.63) is 0 Å². The van der Waals surface area contributed by atoms with Crippen LogP contribution in [0.25, 0.3) is 0 Å². The van der Waals surface area contributed by atoms with Gasteiger partial charge in [-0.05, 0) is 18.8 Å². The van der Waals surface area contributed by atoms with Crippen LogP contribution in [0, 0.1) is 5.92 Å². The van der Waals surface area contributed by atoms with Crippen LogP contribution in [-0.2, 0) is 0 Å².